The van der Waals surface area contributed by atoms with Gasteiger partial charge in [0.15, 0.2) is 5.60 Å². The van der Waals surface area contributed by atoms with Crippen molar-refractivity contribution >= 4 is 0 Å². The summed E-state index contributed by atoms with van der Waals surface area (Å²) < 4.78 is 28.9. The summed E-state index contributed by atoms with van der Waals surface area (Å²) >= 11 is 0. The molecule has 29 heavy (non-hydrogen) atoms. The lowest BCUT2D eigenvalue weighted by Crippen LogP contribution is -2.30. The minimum absolute atomic E-state index is 0.0700. The normalized spacial score (nSPS) is 41.3. The van der Waals surface area contributed by atoms with E-state index in [2.05, 4.69) is 39.8 Å². The van der Waals surface area contributed by atoms with Crippen LogP contribution in [0.25, 0.3) is 0 Å². The molecule has 0 bridgehead atoms. The fourth-order valence-corrected chi connectivity index (χ4v) is 4.94. The molecule has 3 fully saturated rings. The third-order valence-electron chi connectivity index (χ3n) is 6.62. The van der Waals surface area contributed by atoms with E-state index in [1.54, 1.807) is 7.11 Å². The van der Waals surface area contributed by atoms with Crippen molar-refractivity contribution < 1.29 is 23.4 Å². The lowest BCUT2D eigenvalue weighted by molar-refractivity contribution is -0.0719. The highest BCUT2D eigenvalue weighted by molar-refractivity contribution is 5.41. The molecule has 6 nitrogen and oxygen atoms in total. The topological polar surface area (TPSA) is 73.7 Å². The van der Waals surface area contributed by atoms with Crippen LogP contribution in [0, 0.1) is 6.92 Å². The maximum atomic E-state index is 11.9. The first-order chi connectivity index (χ1) is 13.4. The van der Waals surface area contributed by atoms with Gasteiger partial charge in [0.05, 0.1) is 19.3 Å². The Bertz CT molecular complexity index is 974. The van der Waals surface area contributed by atoms with Gasteiger partial charge in [0.2, 0.25) is 0 Å². The zero-order valence-corrected chi connectivity index (χ0v) is 18.4. The number of rotatable bonds is 5. The summed E-state index contributed by atoms with van der Waals surface area (Å²) in [6.45, 7) is 14.1. The van der Waals surface area contributed by atoms with Gasteiger partial charge in [-0.2, -0.15) is 0 Å². The number of allylic oxidation sites excluding steroid dienone is 2. The van der Waals surface area contributed by atoms with Crippen molar-refractivity contribution in [1.82, 2.24) is 0 Å². The highest BCUT2D eigenvalue weighted by Gasteiger charge is 2.71. The van der Waals surface area contributed by atoms with Gasteiger partial charge in [0.25, 0.3) is 0 Å². The van der Waals surface area contributed by atoms with E-state index in [0.717, 1.165) is 16.7 Å². The van der Waals surface area contributed by atoms with Gasteiger partial charge >= 0.3 is 5.63 Å². The average molecular weight is 402 g/mol. The second-order valence-corrected chi connectivity index (χ2v) is 9.10. The van der Waals surface area contributed by atoms with Crippen LogP contribution in [-0.4, -0.2) is 36.6 Å². The molecule has 158 valence electrons. The fourth-order valence-electron chi connectivity index (χ4n) is 4.94. The smallest absolute Gasteiger partial charge is 0.339 e. The average Bonchev–Trinajstić information content (AvgIpc) is 3.50. The summed E-state index contributed by atoms with van der Waals surface area (Å²) in [4.78, 5) is 11.9. The molecule has 3 aliphatic rings. The molecule has 0 aromatic carbocycles. The van der Waals surface area contributed by atoms with Crippen LogP contribution in [0.3, 0.4) is 0 Å². The molecule has 6 heteroatoms. The van der Waals surface area contributed by atoms with Crippen molar-refractivity contribution in [3.05, 3.63) is 51.1 Å². The van der Waals surface area contributed by atoms with Gasteiger partial charge in [-0.05, 0) is 60.1 Å². The third kappa shape index (κ3) is 3.09. The Labute approximate surface area is 171 Å². The van der Waals surface area contributed by atoms with Crippen molar-refractivity contribution in [2.24, 2.45) is 0 Å². The molecular weight excluding hydrogens is 372 g/mol. The van der Waals surface area contributed by atoms with Crippen LogP contribution >= 0.6 is 0 Å². The summed E-state index contributed by atoms with van der Waals surface area (Å²) in [7, 11) is 1.54. The van der Waals surface area contributed by atoms with Gasteiger partial charge in [0, 0.05) is 5.56 Å². The molecule has 0 saturated carbocycles. The van der Waals surface area contributed by atoms with Crippen molar-refractivity contribution in [3.8, 4) is 5.75 Å². The van der Waals surface area contributed by atoms with Gasteiger partial charge in [0.1, 0.15) is 34.9 Å². The zero-order chi connectivity index (χ0) is 21.4. The second-order valence-electron chi connectivity index (χ2n) is 9.10. The molecule has 4 heterocycles. The molecule has 1 aromatic rings. The van der Waals surface area contributed by atoms with Crippen LogP contribution in [-0.2, 0) is 19.8 Å². The quantitative estimate of drug-likeness (QED) is 0.551. The van der Waals surface area contributed by atoms with E-state index in [-0.39, 0.29) is 23.9 Å². The third-order valence-corrected chi connectivity index (χ3v) is 6.62. The predicted molar refractivity (Wildman–Crippen MR) is 108 cm³/mol. The maximum absolute atomic E-state index is 11.9. The Morgan fingerprint density at radius 1 is 1.17 bits per heavy atom. The number of epoxide rings is 2. The molecule has 3 aliphatic heterocycles. The van der Waals surface area contributed by atoms with Crippen molar-refractivity contribution in [3.63, 3.8) is 0 Å². The van der Waals surface area contributed by atoms with Gasteiger partial charge in [-0.15, -0.1) is 0 Å². The first-order valence-corrected chi connectivity index (χ1v) is 10.0. The highest BCUT2D eigenvalue weighted by Crippen LogP contribution is 2.56. The molecule has 0 amide bonds. The molecule has 0 spiro atoms. The molecule has 4 rings (SSSR count). The largest absolute Gasteiger partial charge is 0.496 e. The van der Waals surface area contributed by atoms with Crippen LogP contribution in [0.4, 0.5) is 0 Å². The fraction of sp³-hybridized carbons (Fsp3) is 0.609. The van der Waals surface area contributed by atoms with E-state index >= 15 is 0 Å². The Morgan fingerprint density at radius 3 is 2.41 bits per heavy atom. The molecular formula is C23H30O6. The Hall–Kier alpha value is -1.89. The minimum atomic E-state index is -0.681. The lowest BCUT2D eigenvalue weighted by Gasteiger charge is -2.24. The van der Waals surface area contributed by atoms with Gasteiger partial charge in [-0.1, -0.05) is 11.6 Å². The van der Waals surface area contributed by atoms with Crippen molar-refractivity contribution in [2.45, 2.75) is 83.6 Å². The van der Waals surface area contributed by atoms with E-state index in [9.17, 15) is 4.79 Å². The summed E-state index contributed by atoms with van der Waals surface area (Å²) in [6.07, 6.45) is 4.22. The van der Waals surface area contributed by atoms with E-state index < -0.39 is 16.8 Å². The second kappa shape index (κ2) is 6.30. The van der Waals surface area contributed by atoms with E-state index in [1.165, 1.54) is 6.07 Å². The summed E-state index contributed by atoms with van der Waals surface area (Å²) in [5.74, 6) is 1.03. The summed E-state index contributed by atoms with van der Waals surface area (Å²) in [5, 5.41) is 0. The number of ether oxygens (including phenoxy) is 4. The SMILES string of the molecule is COc1cc(=O)oc([C@@]2(C)O[C@H]2/C(C)=C\C(C)=C\[C@@]2(C)O[C@@H](C)[C@]3(C)OC23)c1C. The highest BCUT2D eigenvalue weighted by atomic mass is 16.7. The summed E-state index contributed by atoms with van der Waals surface area (Å²) in [5.41, 5.74) is 1.19. The number of hydrogen-bond acceptors (Lipinski definition) is 6. The van der Waals surface area contributed by atoms with E-state index in [4.69, 9.17) is 23.4 Å². The van der Waals surface area contributed by atoms with E-state index in [0.29, 0.717) is 11.5 Å². The zero-order valence-electron chi connectivity index (χ0n) is 18.4. The van der Waals surface area contributed by atoms with Crippen LogP contribution < -0.4 is 10.4 Å². The number of hydrogen-bond donors (Lipinski definition) is 0. The lowest BCUT2D eigenvalue weighted by atomic mass is 9.92. The van der Waals surface area contributed by atoms with E-state index in [1.807, 2.05) is 20.8 Å². The first-order valence-electron chi connectivity index (χ1n) is 10.0. The number of fused-ring (bicyclic) bond motifs is 1. The molecule has 0 radical (unpaired) electrons. The molecule has 0 aliphatic carbocycles. The van der Waals surface area contributed by atoms with Crippen LogP contribution in [0.15, 0.2) is 38.6 Å². The Kier molecular flexibility index (Phi) is 4.43. The van der Waals surface area contributed by atoms with Crippen LogP contribution in [0.2, 0.25) is 0 Å². The molecule has 3 saturated heterocycles. The van der Waals surface area contributed by atoms with Crippen LogP contribution in [0.1, 0.15) is 52.9 Å². The predicted octanol–water partition coefficient (Wildman–Crippen LogP) is 3.80. The first kappa shape index (κ1) is 20.4. The van der Waals surface area contributed by atoms with Crippen LogP contribution in [0.5, 0.6) is 5.75 Å². The molecule has 6 atom stereocenters. The number of methoxy groups -OCH3 is 1. The summed E-state index contributed by atoms with van der Waals surface area (Å²) in [6, 6.07) is 1.35. The molecule has 0 N–H and O–H groups in total. The monoisotopic (exact) mass is 402 g/mol. The standard InChI is InChI=1S/C23H30O6/c1-12(11-21(5)20-22(6,29-20)15(4)27-21)9-13(2)18-23(7,28-18)19-14(3)16(25-8)10-17(24)26-19/h9-11,15,18,20H,1-8H3/b12-11+,13-9-/t15-,18-,20?,21+,22-,23-/m0/s1. The van der Waals surface area contributed by atoms with Crippen molar-refractivity contribution in [2.75, 3.05) is 7.11 Å². The Balaban J connectivity index is 1.56. The van der Waals surface area contributed by atoms with Gasteiger partial charge in [-0.25, -0.2) is 4.79 Å². The van der Waals surface area contributed by atoms with Gasteiger partial charge < -0.3 is 23.4 Å². The Morgan fingerprint density at radius 2 is 1.86 bits per heavy atom. The van der Waals surface area contributed by atoms with Crippen molar-refractivity contribution in [1.29, 1.82) is 0 Å². The van der Waals surface area contributed by atoms with Gasteiger partial charge in [-0.3, -0.25) is 0 Å². The maximum Gasteiger partial charge on any atom is 0.339 e. The molecule has 1 unspecified atom stereocenters. The molecule has 1 aromatic heterocycles. The minimum Gasteiger partial charge on any atom is -0.496 e.